The van der Waals surface area contributed by atoms with Gasteiger partial charge in [-0.1, -0.05) is 25.5 Å². The van der Waals surface area contributed by atoms with Crippen LogP contribution < -0.4 is 10.3 Å². The molecule has 2 aromatic rings. The fraction of sp³-hybridized carbons (Fsp3) is 0.400. The number of unbranched alkanes of at least 4 members (excludes halogenated alkanes) is 1. The molecule has 0 fully saturated rings. The first-order valence-corrected chi connectivity index (χ1v) is 8.66. The monoisotopic (exact) mass is 308 g/mol. The van der Waals surface area contributed by atoms with E-state index in [0.29, 0.717) is 12.0 Å². The lowest BCUT2D eigenvalue weighted by molar-refractivity contribution is 0.577. The topological polar surface area (TPSA) is 79.0 Å². The Morgan fingerprint density at radius 2 is 2.00 bits per heavy atom. The minimum Gasteiger partial charge on any atom is -0.322 e. The van der Waals surface area contributed by atoms with Gasteiger partial charge >= 0.3 is 0 Å². The minimum absolute atomic E-state index is 0.0190. The summed E-state index contributed by atoms with van der Waals surface area (Å²) in [5.74, 6) is 0.0914. The van der Waals surface area contributed by atoms with Crippen LogP contribution in [0.25, 0.3) is 10.9 Å². The quantitative estimate of drug-likeness (QED) is 0.857. The average Bonchev–Trinajstić information content (AvgIpc) is 2.43. The van der Waals surface area contributed by atoms with Crippen LogP contribution in [-0.2, 0) is 16.6 Å². The maximum absolute atomic E-state index is 12.0. The largest absolute Gasteiger partial charge is 0.322 e. The van der Waals surface area contributed by atoms with Crippen LogP contribution in [0.3, 0.4) is 0 Å². The fourth-order valence-electron chi connectivity index (χ4n) is 2.09. The van der Waals surface area contributed by atoms with Crippen LogP contribution >= 0.6 is 0 Å². The Kier molecular flexibility index (Phi) is 4.80. The lowest BCUT2D eigenvalue weighted by Gasteiger charge is -2.07. The van der Waals surface area contributed by atoms with Gasteiger partial charge in [-0.3, -0.25) is 4.79 Å². The molecule has 0 aliphatic carbocycles. The third kappa shape index (κ3) is 4.15. The van der Waals surface area contributed by atoms with Gasteiger partial charge in [-0.05, 0) is 36.4 Å². The highest BCUT2D eigenvalue weighted by atomic mass is 32.2. The second-order valence-corrected chi connectivity index (χ2v) is 7.13. The zero-order valence-corrected chi connectivity index (χ0v) is 13.1. The molecule has 2 N–H and O–H groups in total. The van der Waals surface area contributed by atoms with Crippen molar-refractivity contribution >= 4 is 20.9 Å². The molecule has 1 heterocycles. The van der Waals surface area contributed by atoms with Gasteiger partial charge < -0.3 is 4.98 Å². The lowest BCUT2D eigenvalue weighted by Crippen LogP contribution is -2.28. The van der Waals surface area contributed by atoms with Gasteiger partial charge in [0.1, 0.15) is 0 Å². The van der Waals surface area contributed by atoms with Gasteiger partial charge in [0.25, 0.3) is 5.56 Å². The van der Waals surface area contributed by atoms with Crippen LogP contribution in [0.5, 0.6) is 0 Å². The second kappa shape index (κ2) is 6.41. The molecular weight excluding hydrogens is 288 g/mol. The first kappa shape index (κ1) is 15.7. The normalized spacial score (nSPS) is 11.9. The molecule has 0 amide bonds. The zero-order valence-electron chi connectivity index (χ0n) is 12.3. The van der Waals surface area contributed by atoms with E-state index in [1.54, 1.807) is 6.07 Å². The molecule has 0 saturated carbocycles. The number of aryl methyl sites for hydroxylation is 1. The summed E-state index contributed by atoms with van der Waals surface area (Å²) in [5, 5.41) is 0.892. The summed E-state index contributed by atoms with van der Waals surface area (Å²) in [6.45, 7) is 3.91. The first-order chi connectivity index (χ1) is 9.91. The minimum atomic E-state index is -3.32. The van der Waals surface area contributed by atoms with Gasteiger partial charge in [-0.2, -0.15) is 0 Å². The summed E-state index contributed by atoms with van der Waals surface area (Å²) >= 11 is 0. The molecule has 21 heavy (non-hydrogen) atoms. The van der Waals surface area contributed by atoms with Gasteiger partial charge in [0, 0.05) is 17.6 Å². The molecule has 2 rings (SSSR count). The molecule has 0 atom stereocenters. The highest BCUT2D eigenvalue weighted by Gasteiger charge is 2.11. The zero-order chi connectivity index (χ0) is 15.5. The molecule has 0 unspecified atom stereocenters. The predicted octanol–water partition coefficient (Wildman–Crippen LogP) is 2.06. The Morgan fingerprint density at radius 1 is 1.24 bits per heavy atom. The smallest absolute Gasteiger partial charge is 0.252 e. The molecule has 1 aromatic heterocycles. The fourth-order valence-corrected chi connectivity index (χ4v) is 3.27. The van der Waals surface area contributed by atoms with E-state index in [4.69, 9.17) is 0 Å². The van der Waals surface area contributed by atoms with E-state index >= 15 is 0 Å². The number of hydrogen-bond donors (Lipinski definition) is 2. The van der Waals surface area contributed by atoms with Gasteiger partial charge in [0.15, 0.2) is 0 Å². The van der Waals surface area contributed by atoms with Crippen molar-refractivity contribution in [1.82, 2.24) is 9.71 Å². The molecule has 0 saturated heterocycles. The number of hydrogen-bond acceptors (Lipinski definition) is 3. The van der Waals surface area contributed by atoms with Crippen LogP contribution in [0.1, 0.15) is 30.9 Å². The molecule has 0 aliphatic rings. The molecule has 0 radical (unpaired) electrons. The summed E-state index contributed by atoms with van der Waals surface area (Å²) in [4.78, 5) is 14.8. The number of aromatic amines is 1. The van der Waals surface area contributed by atoms with Crippen molar-refractivity contribution in [2.24, 2.45) is 0 Å². The molecule has 0 bridgehead atoms. The number of pyridine rings is 1. The number of benzene rings is 1. The highest BCUT2D eigenvalue weighted by molar-refractivity contribution is 7.89. The van der Waals surface area contributed by atoms with Crippen molar-refractivity contribution < 1.29 is 8.42 Å². The number of aromatic nitrogens is 1. The third-order valence-corrected chi connectivity index (χ3v) is 4.74. The summed E-state index contributed by atoms with van der Waals surface area (Å²) in [5.41, 5.74) is 1.99. The number of sulfonamides is 1. The number of H-pyrrole nitrogens is 1. The molecule has 1 aromatic carbocycles. The van der Waals surface area contributed by atoms with Crippen LogP contribution in [0.2, 0.25) is 0 Å². The molecule has 0 aliphatic heterocycles. The molecular formula is C15H20N2O3S. The van der Waals surface area contributed by atoms with Crippen molar-refractivity contribution in [3.05, 3.63) is 45.7 Å². The Balaban J connectivity index is 2.21. The predicted molar refractivity (Wildman–Crippen MR) is 84.8 cm³/mol. The van der Waals surface area contributed by atoms with E-state index in [1.165, 1.54) is 0 Å². The van der Waals surface area contributed by atoms with Gasteiger partial charge in [-0.15, -0.1) is 0 Å². The van der Waals surface area contributed by atoms with E-state index in [-0.39, 0.29) is 17.9 Å². The van der Waals surface area contributed by atoms with Crippen molar-refractivity contribution in [3.63, 3.8) is 0 Å². The van der Waals surface area contributed by atoms with Crippen molar-refractivity contribution in [2.45, 2.75) is 33.2 Å². The summed E-state index contributed by atoms with van der Waals surface area (Å²) in [6, 6.07) is 7.49. The molecule has 114 valence electrons. The molecule has 0 spiro atoms. The number of rotatable bonds is 6. The maximum Gasteiger partial charge on any atom is 0.252 e. The molecule has 6 heteroatoms. The standard InChI is InChI=1S/C15H20N2O3S/c1-3-4-7-21(19,20)16-10-13-9-12-6-5-11(2)8-14(12)17-15(13)18/h5-6,8-9,16H,3-4,7,10H2,1-2H3,(H,17,18). The summed E-state index contributed by atoms with van der Waals surface area (Å²) in [7, 11) is -3.32. The van der Waals surface area contributed by atoms with Gasteiger partial charge in [0.2, 0.25) is 10.0 Å². The van der Waals surface area contributed by atoms with E-state index in [1.807, 2.05) is 32.0 Å². The lowest BCUT2D eigenvalue weighted by atomic mass is 10.1. The number of nitrogens with one attached hydrogen (secondary N) is 2. The van der Waals surface area contributed by atoms with Gasteiger partial charge in [0.05, 0.1) is 5.75 Å². The van der Waals surface area contributed by atoms with Crippen LogP contribution in [-0.4, -0.2) is 19.2 Å². The summed E-state index contributed by atoms with van der Waals surface area (Å²) in [6.07, 6.45) is 1.43. The second-order valence-electron chi connectivity index (χ2n) is 5.21. The highest BCUT2D eigenvalue weighted by Crippen LogP contribution is 2.13. The van der Waals surface area contributed by atoms with E-state index < -0.39 is 10.0 Å². The Bertz CT molecular complexity index is 794. The van der Waals surface area contributed by atoms with E-state index in [0.717, 1.165) is 22.9 Å². The van der Waals surface area contributed by atoms with Gasteiger partial charge in [-0.25, -0.2) is 13.1 Å². The maximum atomic E-state index is 12.0. The first-order valence-electron chi connectivity index (χ1n) is 7.01. The third-order valence-electron chi connectivity index (χ3n) is 3.33. The van der Waals surface area contributed by atoms with Crippen molar-refractivity contribution in [1.29, 1.82) is 0 Å². The van der Waals surface area contributed by atoms with Crippen LogP contribution in [0.15, 0.2) is 29.1 Å². The van der Waals surface area contributed by atoms with Crippen molar-refractivity contribution in [2.75, 3.05) is 5.75 Å². The summed E-state index contributed by atoms with van der Waals surface area (Å²) < 4.78 is 26.0. The Hall–Kier alpha value is -1.66. The van der Waals surface area contributed by atoms with Crippen molar-refractivity contribution in [3.8, 4) is 0 Å². The van der Waals surface area contributed by atoms with Crippen LogP contribution in [0.4, 0.5) is 0 Å². The van der Waals surface area contributed by atoms with E-state index in [2.05, 4.69) is 9.71 Å². The number of fused-ring (bicyclic) bond motifs is 1. The Labute approximate surface area is 124 Å². The SMILES string of the molecule is CCCCS(=O)(=O)NCc1cc2ccc(C)cc2[nH]c1=O. The average molecular weight is 308 g/mol. The van der Waals surface area contributed by atoms with Crippen LogP contribution in [0, 0.1) is 6.92 Å². The van der Waals surface area contributed by atoms with E-state index in [9.17, 15) is 13.2 Å². The Morgan fingerprint density at radius 3 is 2.71 bits per heavy atom. The molecule has 5 nitrogen and oxygen atoms in total.